The first-order chi connectivity index (χ1) is 10.0. The third kappa shape index (κ3) is 2.88. The van der Waals surface area contributed by atoms with Crippen LogP contribution in [0.2, 0.25) is 6.82 Å². The molecule has 0 aliphatic carbocycles. The highest BCUT2D eigenvalue weighted by Gasteiger charge is 2.25. The molecule has 0 aliphatic heterocycles. The molecule has 21 heavy (non-hydrogen) atoms. The lowest BCUT2D eigenvalue weighted by molar-refractivity contribution is 0.336. The Hall–Kier alpha value is -2.00. The zero-order chi connectivity index (χ0) is 15.5. The van der Waals surface area contributed by atoms with Crippen molar-refractivity contribution in [2.75, 3.05) is 0 Å². The van der Waals surface area contributed by atoms with Crippen molar-refractivity contribution in [3.05, 3.63) is 65.7 Å². The first-order valence-electron chi connectivity index (χ1n) is 7.07. The molecule has 2 N–H and O–H groups in total. The largest absolute Gasteiger partial charge is 0.411 e. The van der Waals surface area contributed by atoms with Crippen LogP contribution in [-0.2, 0) is 5.41 Å². The van der Waals surface area contributed by atoms with E-state index in [1.165, 1.54) is 11.1 Å². The van der Waals surface area contributed by atoms with Crippen molar-refractivity contribution in [1.29, 1.82) is 0 Å². The molecule has 0 saturated carbocycles. The molecule has 0 spiro atoms. The number of nitrogens with two attached hydrogens (primary N) is 1. The van der Waals surface area contributed by atoms with Crippen LogP contribution in [0.5, 0.6) is 5.75 Å². The first kappa shape index (κ1) is 15.4. The van der Waals surface area contributed by atoms with E-state index in [-0.39, 0.29) is 5.41 Å². The van der Waals surface area contributed by atoms with Gasteiger partial charge in [-0.25, -0.2) is 0 Å². The van der Waals surface area contributed by atoms with E-state index in [9.17, 15) is 0 Å². The quantitative estimate of drug-likeness (QED) is 0.673. The van der Waals surface area contributed by atoms with Gasteiger partial charge in [0.2, 0.25) is 0 Å². The molecule has 0 saturated heterocycles. The van der Waals surface area contributed by atoms with Gasteiger partial charge in [0.1, 0.15) is 5.75 Å². The lowest BCUT2D eigenvalue weighted by Crippen LogP contribution is -2.25. The fourth-order valence-corrected chi connectivity index (χ4v) is 2.56. The Morgan fingerprint density at radius 1 is 1.14 bits per heavy atom. The van der Waals surface area contributed by atoms with Crippen LogP contribution < -0.4 is 16.2 Å². The van der Waals surface area contributed by atoms with Crippen LogP contribution in [0.3, 0.4) is 0 Å². The van der Waals surface area contributed by atoms with Gasteiger partial charge in [-0.3, -0.25) is 0 Å². The highest BCUT2D eigenvalue weighted by Crippen LogP contribution is 2.33. The zero-order valence-corrected chi connectivity index (χ0v) is 12.9. The van der Waals surface area contributed by atoms with Crippen molar-refractivity contribution in [3.63, 3.8) is 0 Å². The van der Waals surface area contributed by atoms with E-state index in [0.717, 1.165) is 11.0 Å². The van der Waals surface area contributed by atoms with Crippen LogP contribution in [0.4, 0.5) is 0 Å². The summed E-state index contributed by atoms with van der Waals surface area (Å²) in [6.45, 7) is 10.3. The average molecular weight is 278 g/mol. The van der Waals surface area contributed by atoms with Crippen molar-refractivity contribution < 1.29 is 4.84 Å². The molecule has 0 heterocycles. The Morgan fingerprint density at radius 2 is 1.81 bits per heavy atom. The minimum atomic E-state index is -0.107. The summed E-state index contributed by atoms with van der Waals surface area (Å²) in [5.74, 6) is 6.07. The molecule has 0 aromatic heterocycles. The van der Waals surface area contributed by atoms with Crippen LogP contribution in [0, 0.1) is 0 Å². The highest BCUT2D eigenvalue weighted by atomic mass is 16.6. The van der Waals surface area contributed by atoms with E-state index in [0.29, 0.717) is 5.75 Å². The lowest BCUT2D eigenvalue weighted by Gasteiger charge is -2.28. The van der Waals surface area contributed by atoms with Gasteiger partial charge in [-0.15, -0.1) is 0 Å². The maximum Gasteiger partial charge on any atom is 0.153 e. The van der Waals surface area contributed by atoms with Gasteiger partial charge < -0.3 is 4.84 Å². The van der Waals surface area contributed by atoms with Gasteiger partial charge in [0, 0.05) is 11.0 Å². The molecule has 2 rings (SSSR count). The molecular weight excluding hydrogens is 257 g/mol. The van der Waals surface area contributed by atoms with Crippen molar-refractivity contribution in [1.82, 2.24) is 0 Å². The van der Waals surface area contributed by atoms with Gasteiger partial charge in [-0.2, -0.15) is 5.90 Å². The van der Waals surface area contributed by atoms with Crippen LogP contribution >= 0.6 is 0 Å². The van der Waals surface area contributed by atoms with Crippen molar-refractivity contribution in [3.8, 4) is 5.75 Å². The molecule has 107 valence electrons. The number of hydrogen-bond acceptors (Lipinski definition) is 2. The molecule has 0 unspecified atom stereocenters. The normalized spacial score (nSPS) is 11.0. The Bertz CT molecular complexity index is 635. The van der Waals surface area contributed by atoms with Crippen LogP contribution in [-0.4, -0.2) is 7.28 Å². The summed E-state index contributed by atoms with van der Waals surface area (Å²) in [6, 6.07) is 14.7. The van der Waals surface area contributed by atoms with Crippen molar-refractivity contribution >= 4 is 18.8 Å². The van der Waals surface area contributed by atoms with Gasteiger partial charge in [0.15, 0.2) is 7.28 Å². The van der Waals surface area contributed by atoms with Gasteiger partial charge in [0.25, 0.3) is 0 Å². The van der Waals surface area contributed by atoms with Crippen LogP contribution in [0.25, 0.3) is 6.08 Å². The monoisotopic (exact) mass is 278 g/mol. The first-order valence-corrected chi connectivity index (χ1v) is 7.07. The standard InChI is InChI=1S/C18H21BNO/c1-5-13-11-15(12-16(19-4)17(13)21-20)18(2,3)14-9-7-6-8-10-14/h5-12H,1,20H2,2-4H3. The number of benzene rings is 2. The second-order valence-corrected chi connectivity index (χ2v) is 5.59. The van der Waals surface area contributed by atoms with Crippen LogP contribution in [0.1, 0.15) is 30.5 Å². The molecule has 3 heteroatoms. The molecule has 2 aromatic carbocycles. The van der Waals surface area contributed by atoms with Crippen molar-refractivity contribution in [2.24, 2.45) is 5.90 Å². The van der Waals surface area contributed by atoms with Gasteiger partial charge in [0.05, 0.1) is 0 Å². The van der Waals surface area contributed by atoms with E-state index in [1.54, 1.807) is 6.08 Å². The van der Waals surface area contributed by atoms with E-state index >= 15 is 0 Å². The molecule has 1 radical (unpaired) electrons. The molecular formula is C18H21BNO. The average Bonchev–Trinajstić information content (AvgIpc) is 2.54. The molecule has 0 bridgehead atoms. The Labute approximate surface area is 127 Å². The lowest BCUT2D eigenvalue weighted by atomic mass is 9.68. The summed E-state index contributed by atoms with van der Waals surface area (Å²) in [4.78, 5) is 5.03. The van der Waals surface area contributed by atoms with Gasteiger partial charge in [-0.1, -0.05) is 69.7 Å². The predicted molar refractivity (Wildman–Crippen MR) is 91.2 cm³/mol. The summed E-state index contributed by atoms with van der Waals surface area (Å²) < 4.78 is 0. The third-order valence-corrected chi connectivity index (χ3v) is 4.01. The Kier molecular flexibility index (Phi) is 4.54. The summed E-state index contributed by atoms with van der Waals surface area (Å²) in [5.41, 5.74) is 4.26. The predicted octanol–water partition coefficient (Wildman–Crippen LogP) is 3.29. The molecule has 0 fully saturated rings. The molecule has 0 atom stereocenters. The second kappa shape index (κ2) is 6.19. The van der Waals surface area contributed by atoms with Crippen molar-refractivity contribution in [2.45, 2.75) is 26.1 Å². The number of hydrogen-bond donors (Lipinski definition) is 1. The Morgan fingerprint density at radius 3 is 2.33 bits per heavy atom. The Balaban J connectivity index is 2.61. The molecule has 0 amide bonds. The molecule has 0 aliphatic rings. The van der Waals surface area contributed by atoms with E-state index in [4.69, 9.17) is 10.7 Å². The van der Waals surface area contributed by atoms with E-state index < -0.39 is 0 Å². The summed E-state index contributed by atoms with van der Waals surface area (Å²) >= 11 is 0. The highest BCUT2D eigenvalue weighted by molar-refractivity contribution is 6.53. The minimum absolute atomic E-state index is 0.107. The third-order valence-electron chi connectivity index (χ3n) is 4.01. The summed E-state index contributed by atoms with van der Waals surface area (Å²) in [6.07, 6.45) is 1.78. The summed E-state index contributed by atoms with van der Waals surface area (Å²) in [5, 5.41) is 0. The van der Waals surface area contributed by atoms with E-state index in [1.807, 2.05) is 20.2 Å². The minimum Gasteiger partial charge on any atom is -0.411 e. The molecule has 2 nitrogen and oxygen atoms in total. The van der Waals surface area contributed by atoms with Gasteiger partial charge in [-0.05, 0) is 22.7 Å². The topological polar surface area (TPSA) is 35.2 Å². The zero-order valence-electron chi connectivity index (χ0n) is 12.9. The second-order valence-electron chi connectivity index (χ2n) is 5.59. The van der Waals surface area contributed by atoms with E-state index in [2.05, 4.69) is 56.8 Å². The molecule has 2 aromatic rings. The SMILES string of the molecule is C=Cc1cc(C(C)(C)c2ccccc2)cc([B]C)c1ON. The summed E-state index contributed by atoms with van der Waals surface area (Å²) in [7, 11) is 2.00. The number of rotatable bonds is 5. The smallest absolute Gasteiger partial charge is 0.153 e. The maximum atomic E-state index is 5.41. The fourth-order valence-electron chi connectivity index (χ4n) is 2.56. The maximum absolute atomic E-state index is 5.41. The van der Waals surface area contributed by atoms with Gasteiger partial charge >= 0.3 is 0 Å². The fraction of sp³-hybridized carbons (Fsp3) is 0.222. The van der Waals surface area contributed by atoms with Crippen LogP contribution in [0.15, 0.2) is 49.0 Å².